The van der Waals surface area contributed by atoms with Crippen LogP contribution in [-0.2, 0) is 15.6 Å². The highest BCUT2D eigenvalue weighted by Gasteiger charge is 2.11. The molecule has 0 amide bonds. The molecule has 0 heterocycles. The van der Waals surface area contributed by atoms with Gasteiger partial charge in [0, 0.05) is 17.5 Å². The Morgan fingerprint density at radius 2 is 2.08 bits per heavy atom. The third-order valence-electron chi connectivity index (χ3n) is 1.56. The molecule has 0 aliphatic carbocycles. The fraction of sp³-hybridized carbons (Fsp3) is 0.250. The summed E-state index contributed by atoms with van der Waals surface area (Å²) in [5.41, 5.74) is 5.64. The number of nitrogen functional groups attached to an aromatic ring is 1. The summed E-state index contributed by atoms with van der Waals surface area (Å²) < 4.78 is 34.8. The van der Waals surface area contributed by atoms with Crippen LogP contribution in [0.1, 0.15) is 5.56 Å². The van der Waals surface area contributed by atoms with Crippen LogP contribution in [0.2, 0.25) is 0 Å². The average Bonchev–Trinajstić information content (AvgIpc) is 1.95. The summed E-state index contributed by atoms with van der Waals surface area (Å²) in [5, 5.41) is 0. The molecule has 0 aromatic heterocycles. The summed E-state index contributed by atoms with van der Waals surface area (Å²) in [6.45, 7) is 0. The molecular weight excluding hydrogens is 193 g/mol. The van der Waals surface area contributed by atoms with Crippen molar-refractivity contribution in [3.63, 3.8) is 0 Å². The number of hydrogen-bond donors (Lipinski definition) is 1. The second-order valence-electron chi connectivity index (χ2n) is 2.88. The SMILES string of the molecule is CS(=O)(=O)Cc1c(N)cccc1F. The normalized spacial score (nSPS) is 11.5. The van der Waals surface area contributed by atoms with Gasteiger partial charge in [0.05, 0.1) is 5.75 Å². The molecule has 0 unspecified atom stereocenters. The van der Waals surface area contributed by atoms with Crippen molar-refractivity contribution in [2.45, 2.75) is 5.75 Å². The molecule has 0 aliphatic rings. The zero-order chi connectivity index (χ0) is 10.1. The number of hydrogen-bond acceptors (Lipinski definition) is 3. The van der Waals surface area contributed by atoms with Crippen LogP contribution < -0.4 is 5.73 Å². The second kappa shape index (κ2) is 3.33. The Hall–Kier alpha value is -1.10. The van der Waals surface area contributed by atoms with E-state index in [1.807, 2.05) is 0 Å². The van der Waals surface area contributed by atoms with Gasteiger partial charge in [-0.2, -0.15) is 0 Å². The highest BCUT2D eigenvalue weighted by Crippen LogP contribution is 2.17. The van der Waals surface area contributed by atoms with Crippen LogP contribution in [0.3, 0.4) is 0 Å². The molecular formula is C8H10FNO2S. The number of anilines is 1. The molecule has 1 aromatic carbocycles. The first-order valence-corrected chi connectivity index (χ1v) is 5.67. The maximum atomic E-state index is 13.0. The van der Waals surface area contributed by atoms with Gasteiger partial charge >= 0.3 is 0 Å². The lowest BCUT2D eigenvalue weighted by Crippen LogP contribution is -2.06. The number of nitrogens with two attached hydrogens (primary N) is 1. The maximum absolute atomic E-state index is 13.0. The molecule has 0 saturated carbocycles. The molecule has 0 atom stereocenters. The lowest BCUT2D eigenvalue weighted by atomic mass is 10.2. The Kier molecular flexibility index (Phi) is 2.56. The average molecular weight is 203 g/mol. The Bertz CT molecular complexity index is 394. The van der Waals surface area contributed by atoms with Crippen molar-refractivity contribution in [3.8, 4) is 0 Å². The van der Waals surface area contributed by atoms with Crippen molar-refractivity contribution in [2.24, 2.45) is 0 Å². The van der Waals surface area contributed by atoms with Gasteiger partial charge in [0.2, 0.25) is 0 Å². The van der Waals surface area contributed by atoms with Gasteiger partial charge in [-0.15, -0.1) is 0 Å². The molecule has 3 nitrogen and oxygen atoms in total. The van der Waals surface area contributed by atoms with Crippen molar-refractivity contribution in [3.05, 3.63) is 29.6 Å². The predicted molar refractivity (Wildman–Crippen MR) is 49.4 cm³/mol. The van der Waals surface area contributed by atoms with Crippen molar-refractivity contribution in [1.29, 1.82) is 0 Å². The zero-order valence-electron chi connectivity index (χ0n) is 7.12. The monoisotopic (exact) mass is 203 g/mol. The molecule has 5 heteroatoms. The van der Waals surface area contributed by atoms with E-state index in [9.17, 15) is 12.8 Å². The molecule has 0 aliphatic heterocycles. The molecule has 72 valence electrons. The van der Waals surface area contributed by atoms with E-state index in [0.29, 0.717) is 0 Å². The molecule has 1 rings (SSSR count). The Balaban J connectivity index is 3.15. The summed E-state index contributed by atoms with van der Waals surface area (Å²) >= 11 is 0. The van der Waals surface area contributed by atoms with E-state index in [0.717, 1.165) is 6.26 Å². The molecule has 13 heavy (non-hydrogen) atoms. The van der Waals surface area contributed by atoms with E-state index in [2.05, 4.69) is 0 Å². The smallest absolute Gasteiger partial charge is 0.151 e. The van der Waals surface area contributed by atoms with Crippen molar-refractivity contribution < 1.29 is 12.8 Å². The van der Waals surface area contributed by atoms with E-state index in [-0.39, 0.29) is 17.0 Å². The lowest BCUT2D eigenvalue weighted by Gasteiger charge is -2.04. The lowest BCUT2D eigenvalue weighted by molar-refractivity contribution is 0.592. The summed E-state index contributed by atoms with van der Waals surface area (Å²) in [5.74, 6) is -0.934. The van der Waals surface area contributed by atoms with Gasteiger partial charge < -0.3 is 5.73 Å². The second-order valence-corrected chi connectivity index (χ2v) is 5.02. The Labute approximate surface area is 76.3 Å². The minimum Gasteiger partial charge on any atom is -0.398 e. The van der Waals surface area contributed by atoms with Gasteiger partial charge in [-0.05, 0) is 12.1 Å². The fourth-order valence-electron chi connectivity index (χ4n) is 0.990. The highest BCUT2D eigenvalue weighted by atomic mass is 32.2. The van der Waals surface area contributed by atoms with Crippen LogP contribution >= 0.6 is 0 Å². The van der Waals surface area contributed by atoms with Gasteiger partial charge in [-0.3, -0.25) is 0 Å². The van der Waals surface area contributed by atoms with Gasteiger partial charge in [-0.25, -0.2) is 12.8 Å². The molecule has 0 bridgehead atoms. The quantitative estimate of drug-likeness (QED) is 0.728. The van der Waals surface area contributed by atoms with Crippen LogP contribution in [-0.4, -0.2) is 14.7 Å². The molecule has 0 saturated heterocycles. The van der Waals surface area contributed by atoms with Crippen LogP contribution in [0.5, 0.6) is 0 Å². The van der Waals surface area contributed by atoms with Crippen molar-refractivity contribution in [1.82, 2.24) is 0 Å². The van der Waals surface area contributed by atoms with Gasteiger partial charge in [0.1, 0.15) is 5.82 Å². The van der Waals surface area contributed by atoms with E-state index in [4.69, 9.17) is 5.73 Å². The summed E-state index contributed by atoms with van der Waals surface area (Å²) in [6, 6.07) is 4.11. The first-order valence-electron chi connectivity index (χ1n) is 3.61. The van der Waals surface area contributed by atoms with E-state index in [1.165, 1.54) is 18.2 Å². The first kappa shape index (κ1) is 9.98. The van der Waals surface area contributed by atoms with E-state index < -0.39 is 15.7 Å². The van der Waals surface area contributed by atoms with Gasteiger partial charge in [-0.1, -0.05) is 6.07 Å². The summed E-state index contributed by atoms with van der Waals surface area (Å²) in [4.78, 5) is 0. The molecule has 0 fully saturated rings. The minimum atomic E-state index is -3.24. The fourth-order valence-corrected chi connectivity index (χ4v) is 1.82. The van der Waals surface area contributed by atoms with Gasteiger partial charge in [0.15, 0.2) is 9.84 Å². The predicted octanol–water partition coefficient (Wildman–Crippen LogP) is 0.953. The molecule has 0 spiro atoms. The number of benzene rings is 1. The van der Waals surface area contributed by atoms with Crippen LogP contribution in [0.15, 0.2) is 18.2 Å². The standard InChI is InChI=1S/C8H10FNO2S/c1-13(11,12)5-6-7(9)3-2-4-8(6)10/h2-4H,5,10H2,1H3. The van der Waals surface area contributed by atoms with Crippen LogP contribution in [0.25, 0.3) is 0 Å². The molecule has 2 N–H and O–H groups in total. The van der Waals surface area contributed by atoms with Crippen LogP contribution in [0, 0.1) is 5.82 Å². The summed E-state index contributed by atoms with van der Waals surface area (Å²) in [6.07, 6.45) is 1.04. The first-order chi connectivity index (χ1) is 5.90. The molecule has 1 aromatic rings. The number of halogens is 1. The van der Waals surface area contributed by atoms with Crippen molar-refractivity contribution in [2.75, 3.05) is 12.0 Å². The third kappa shape index (κ3) is 2.69. The summed E-state index contributed by atoms with van der Waals surface area (Å²) in [7, 11) is -3.24. The number of sulfone groups is 1. The number of rotatable bonds is 2. The third-order valence-corrected chi connectivity index (χ3v) is 2.37. The minimum absolute atomic E-state index is 0.0463. The largest absolute Gasteiger partial charge is 0.398 e. The topological polar surface area (TPSA) is 60.2 Å². The Morgan fingerprint density at radius 3 is 2.54 bits per heavy atom. The van der Waals surface area contributed by atoms with Crippen LogP contribution in [0.4, 0.5) is 10.1 Å². The molecule has 0 radical (unpaired) electrons. The highest BCUT2D eigenvalue weighted by molar-refractivity contribution is 7.89. The zero-order valence-corrected chi connectivity index (χ0v) is 7.94. The Morgan fingerprint density at radius 1 is 1.46 bits per heavy atom. The van der Waals surface area contributed by atoms with Crippen molar-refractivity contribution >= 4 is 15.5 Å². The maximum Gasteiger partial charge on any atom is 0.151 e. The van der Waals surface area contributed by atoms with Gasteiger partial charge in [0.25, 0.3) is 0 Å². The van der Waals surface area contributed by atoms with E-state index >= 15 is 0 Å². The van der Waals surface area contributed by atoms with E-state index in [1.54, 1.807) is 0 Å².